The molecule has 0 fully saturated rings. The lowest BCUT2D eigenvalue weighted by Gasteiger charge is -2.09. The summed E-state index contributed by atoms with van der Waals surface area (Å²) >= 11 is 0. The van der Waals surface area contributed by atoms with E-state index in [1.807, 2.05) is 30.3 Å². The number of urea groups is 1. The molecule has 2 N–H and O–H groups in total. The van der Waals surface area contributed by atoms with E-state index in [4.69, 9.17) is 9.57 Å². The number of hydrogen-bond acceptors (Lipinski definition) is 3. The highest BCUT2D eigenvalue weighted by atomic mass is 19.1. The van der Waals surface area contributed by atoms with Crippen molar-refractivity contribution >= 4 is 6.03 Å². The molecule has 2 aromatic rings. The first kappa shape index (κ1) is 16.8. The van der Waals surface area contributed by atoms with Gasteiger partial charge in [0.2, 0.25) is 0 Å². The van der Waals surface area contributed by atoms with Gasteiger partial charge in [0, 0.05) is 6.54 Å². The monoisotopic (exact) mass is 318 g/mol. The number of nitrogens with one attached hydrogen (secondary N) is 2. The third kappa shape index (κ3) is 6.80. The van der Waals surface area contributed by atoms with Crippen molar-refractivity contribution in [2.45, 2.75) is 13.0 Å². The fourth-order valence-corrected chi connectivity index (χ4v) is 1.79. The number of benzene rings is 2. The maximum atomic E-state index is 12.7. The second-order valence-corrected chi connectivity index (χ2v) is 4.79. The molecule has 0 aliphatic heterocycles. The normalized spacial score (nSPS) is 10.1. The predicted molar refractivity (Wildman–Crippen MR) is 84.3 cm³/mol. The van der Waals surface area contributed by atoms with Crippen LogP contribution in [0.25, 0.3) is 0 Å². The molecule has 0 heterocycles. The van der Waals surface area contributed by atoms with Crippen LogP contribution in [0.5, 0.6) is 5.75 Å². The standard InChI is InChI=1S/C17H19FN2O3/c18-15-7-9-16(10-8-15)22-12-4-11-19-17(21)20-23-13-14-5-2-1-3-6-14/h1-3,5-10H,4,11-13H2,(H2,19,20,21). The molecule has 0 unspecified atom stereocenters. The van der Waals surface area contributed by atoms with Crippen molar-refractivity contribution in [1.82, 2.24) is 10.8 Å². The highest BCUT2D eigenvalue weighted by Gasteiger charge is 2.00. The SMILES string of the molecule is O=C(NCCCOc1ccc(F)cc1)NOCc1ccccc1. The summed E-state index contributed by atoms with van der Waals surface area (Å²) < 4.78 is 18.1. The summed E-state index contributed by atoms with van der Waals surface area (Å²) in [4.78, 5) is 16.6. The Balaban J connectivity index is 1.50. The predicted octanol–water partition coefficient (Wildman–Crippen LogP) is 3.03. The lowest BCUT2D eigenvalue weighted by atomic mass is 10.2. The molecule has 122 valence electrons. The molecule has 0 aromatic heterocycles. The van der Waals surface area contributed by atoms with E-state index in [0.29, 0.717) is 31.9 Å². The van der Waals surface area contributed by atoms with Gasteiger partial charge in [-0.3, -0.25) is 4.84 Å². The summed E-state index contributed by atoms with van der Waals surface area (Å²) in [6.45, 7) is 1.18. The van der Waals surface area contributed by atoms with E-state index in [-0.39, 0.29) is 5.82 Å². The van der Waals surface area contributed by atoms with E-state index in [1.54, 1.807) is 12.1 Å². The van der Waals surface area contributed by atoms with Gasteiger partial charge in [0.15, 0.2) is 0 Å². The maximum Gasteiger partial charge on any atom is 0.338 e. The number of carbonyl (C=O) groups is 1. The van der Waals surface area contributed by atoms with Crippen molar-refractivity contribution in [3.8, 4) is 5.75 Å². The van der Waals surface area contributed by atoms with Crippen molar-refractivity contribution in [1.29, 1.82) is 0 Å². The maximum absolute atomic E-state index is 12.7. The van der Waals surface area contributed by atoms with Gasteiger partial charge >= 0.3 is 6.03 Å². The van der Waals surface area contributed by atoms with Gasteiger partial charge in [-0.1, -0.05) is 30.3 Å². The third-order valence-electron chi connectivity index (χ3n) is 2.94. The number of hydroxylamine groups is 1. The smallest absolute Gasteiger partial charge is 0.338 e. The van der Waals surface area contributed by atoms with Gasteiger partial charge in [-0.2, -0.15) is 0 Å². The first-order valence-corrected chi connectivity index (χ1v) is 7.32. The van der Waals surface area contributed by atoms with Crippen LogP contribution in [0.15, 0.2) is 54.6 Å². The molecule has 0 bridgehead atoms. The largest absolute Gasteiger partial charge is 0.494 e. The van der Waals surface area contributed by atoms with Crippen molar-refractivity contribution < 1.29 is 18.8 Å². The summed E-state index contributed by atoms with van der Waals surface area (Å²) in [6.07, 6.45) is 0.628. The molecule has 2 rings (SSSR count). The first-order valence-electron chi connectivity index (χ1n) is 7.32. The van der Waals surface area contributed by atoms with Gasteiger partial charge in [-0.15, -0.1) is 0 Å². The molecule has 2 amide bonds. The molecular weight excluding hydrogens is 299 g/mol. The summed E-state index contributed by atoms with van der Waals surface area (Å²) in [5, 5.41) is 2.65. The summed E-state index contributed by atoms with van der Waals surface area (Å²) in [6, 6.07) is 14.9. The van der Waals surface area contributed by atoms with Gasteiger partial charge in [-0.25, -0.2) is 14.7 Å². The van der Waals surface area contributed by atoms with Crippen LogP contribution in [0.3, 0.4) is 0 Å². The van der Waals surface area contributed by atoms with E-state index in [2.05, 4.69) is 10.8 Å². The van der Waals surface area contributed by atoms with Crippen LogP contribution < -0.4 is 15.5 Å². The Morgan fingerprint density at radius 2 is 1.78 bits per heavy atom. The fourth-order valence-electron chi connectivity index (χ4n) is 1.79. The Morgan fingerprint density at radius 1 is 1.04 bits per heavy atom. The van der Waals surface area contributed by atoms with E-state index >= 15 is 0 Å². The topological polar surface area (TPSA) is 59.6 Å². The molecule has 0 spiro atoms. The van der Waals surface area contributed by atoms with E-state index in [9.17, 15) is 9.18 Å². The highest BCUT2D eigenvalue weighted by molar-refractivity contribution is 5.72. The van der Waals surface area contributed by atoms with Crippen LogP contribution >= 0.6 is 0 Å². The van der Waals surface area contributed by atoms with Crippen molar-refractivity contribution in [3.63, 3.8) is 0 Å². The quantitative estimate of drug-likeness (QED) is 0.581. The number of ether oxygens (including phenoxy) is 1. The number of carbonyl (C=O) groups excluding carboxylic acids is 1. The zero-order chi connectivity index (χ0) is 16.3. The van der Waals surface area contributed by atoms with E-state index < -0.39 is 6.03 Å². The lowest BCUT2D eigenvalue weighted by Crippen LogP contribution is -2.36. The van der Waals surface area contributed by atoms with E-state index in [0.717, 1.165) is 5.56 Å². The van der Waals surface area contributed by atoms with Gasteiger partial charge in [-0.05, 0) is 36.2 Å². The molecule has 23 heavy (non-hydrogen) atoms. The average Bonchev–Trinajstić information content (AvgIpc) is 2.57. The minimum atomic E-state index is -0.400. The van der Waals surface area contributed by atoms with Gasteiger partial charge in [0.25, 0.3) is 0 Å². The van der Waals surface area contributed by atoms with Gasteiger partial charge in [0.05, 0.1) is 13.2 Å². The fraction of sp³-hybridized carbons (Fsp3) is 0.235. The van der Waals surface area contributed by atoms with Crippen molar-refractivity contribution in [2.24, 2.45) is 0 Å². The van der Waals surface area contributed by atoms with Crippen LogP contribution in [0.1, 0.15) is 12.0 Å². The number of amides is 2. The Morgan fingerprint density at radius 3 is 2.52 bits per heavy atom. The van der Waals surface area contributed by atoms with Gasteiger partial charge < -0.3 is 10.1 Å². The molecule has 6 heteroatoms. The van der Waals surface area contributed by atoms with Crippen LogP contribution in [-0.2, 0) is 11.4 Å². The molecule has 0 radical (unpaired) electrons. The van der Waals surface area contributed by atoms with E-state index in [1.165, 1.54) is 12.1 Å². The number of halogens is 1. The van der Waals surface area contributed by atoms with Crippen LogP contribution in [-0.4, -0.2) is 19.2 Å². The van der Waals surface area contributed by atoms with Crippen molar-refractivity contribution in [3.05, 3.63) is 66.0 Å². The zero-order valence-corrected chi connectivity index (χ0v) is 12.6. The summed E-state index contributed by atoms with van der Waals surface area (Å²) in [7, 11) is 0. The van der Waals surface area contributed by atoms with Crippen LogP contribution in [0.2, 0.25) is 0 Å². The minimum absolute atomic E-state index is 0.300. The molecule has 2 aromatic carbocycles. The lowest BCUT2D eigenvalue weighted by molar-refractivity contribution is 0.0490. The second-order valence-electron chi connectivity index (χ2n) is 4.79. The minimum Gasteiger partial charge on any atom is -0.494 e. The Kier molecular flexibility index (Phi) is 6.87. The van der Waals surface area contributed by atoms with Crippen molar-refractivity contribution in [2.75, 3.05) is 13.2 Å². The molecule has 0 aliphatic rings. The highest BCUT2D eigenvalue weighted by Crippen LogP contribution is 2.10. The molecule has 0 aliphatic carbocycles. The van der Waals surface area contributed by atoms with Gasteiger partial charge in [0.1, 0.15) is 11.6 Å². The Bertz CT molecular complexity index is 591. The summed E-state index contributed by atoms with van der Waals surface area (Å²) in [5.74, 6) is 0.299. The molecular formula is C17H19FN2O3. The van der Waals surface area contributed by atoms with Crippen LogP contribution in [0, 0.1) is 5.82 Å². The van der Waals surface area contributed by atoms with Crippen LogP contribution in [0.4, 0.5) is 9.18 Å². The zero-order valence-electron chi connectivity index (χ0n) is 12.6. The molecule has 0 saturated carbocycles. The molecule has 0 atom stereocenters. The third-order valence-corrected chi connectivity index (χ3v) is 2.94. The first-order chi connectivity index (χ1) is 11.2. The number of hydrogen-bond donors (Lipinski definition) is 2. The molecule has 0 saturated heterocycles. The number of rotatable bonds is 8. The second kappa shape index (κ2) is 9.42. The summed E-state index contributed by atoms with van der Waals surface area (Å²) in [5.41, 5.74) is 3.29. The average molecular weight is 318 g/mol. The molecule has 5 nitrogen and oxygen atoms in total. The Labute approximate surface area is 134 Å². The Hall–Kier alpha value is -2.60.